The summed E-state index contributed by atoms with van der Waals surface area (Å²) in [4.78, 5) is 19.9. The number of nitrogens with one attached hydrogen (secondary N) is 1. The average molecular weight is 516 g/mol. The van der Waals surface area contributed by atoms with Crippen LogP contribution in [0.3, 0.4) is 0 Å². The molecule has 1 aliphatic rings. The molecule has 37 heavy (non-hydrogen) atoms. The van der Waals surface area contributed by atoms with Crippen molar-refractivity contribution in [2.75, 3.05) is 26.2 Å². The lowest BCUT2D eigenvalue weighted by atomic mass is 9.79. The second-order valence-corrected chi connectivity index (χ2v) is 9.46. The molecule has 1 atom stereocenters. The fourth-order valence-corrected chi connectivity index (χ4v) is 4.44. The van der Waals surface area contributed by atoms with Crippen molar-refractivity contribution in [3.63, 3.8) is 0 Å². The van der Waals surface area contributed by atoms with E-state index < -0.39 is 23.2 Å². The van der Waals surface area contributed by atoms with Gasteiger partial charge >= 0.3 is 6.18 Å². The topological polar surface area (TPSA) is 54.5 Å². The number of halogens is 4. The van der Waals surface area contributed by atoms with E-state index in [1.165, 1.54) is 30.3 Å². The number of likely N-dealkylation sites (tertiary alicyclic amines) is 1. The maximum absolute atomic E-state index is 13.5. The van der Waals surface area contributed by atoms with Crippen LogP contribution >= 0.6 is 0 Å². The third kappa shape index (κ3) is 6.65. The maximum atomic E-state index is 13.5. The lowest BCUT2D eigenvalue weighted by Gasteiger charge is -2.39. The number of para-hydroxylation sites is 1. The summed E-state index contributed by atoms with van der Waals surface area (Å²) in [6.45, 7) is 3.70. The lowest BCUT2D eigenvalue weighted by molar-refractivity contribution is -0.139. The van der Waals surface area contributed by atoms with Crippen molar-refractivity contribution in [2.24, 2.45) is 5.41 Å². The first kappa shape index (κ1) is 26.6. The third-order valence-corrected chi connectivity index (χ3v) is 6.83. The molecule has 1 aromatic heterocycles. The minimum atomic E-state index is -4.47. The number of alkyl halides is 3. The minimum absolute atomic E-state index is 0.113. The zero-order valence-electron chi connectivity index (χ0n) is 20.5. The number of ether oxygens (including phenoxy) is 1. The molecule has 0 bridgehead atoms. The second-order valence-electron chi connectivity index (χ2n) is 9.46. The van der Waals surface area contributed by atoms with E-state index in [0.29, 0.717) is 38.2 Å². The molecule has 2 heterocycles. The molecule has 3 aromatic rings. The maximum Gasteiger partial charge on any atom is 0.419 e. The first-order valence-electron chi connectivity index (χ1n) is 12.1. The summed E-state index contributed by atoms with van der Waals surface area (Å²) in [6, 6.07) is 16.1. The Hall–Kier alpha value is -3.46. The molecule has 9 heteroatoms. The Balaban J connectivity index is 1.34. The Morgan fingerprint density at radius 2 is 1.73 bits per heavy atom. The van der Waals surface area contributed by atoms with Gasteiger partial charge in [0.05, 0.1) is 17.3 Å². The highest BCUT2D eigenvalue weighted by molar-refractivity contribution is 5.83. The first-order chi connectivity index (χ1) is 17.7. The normalized spacial score (nSPS) is 16.7. The SMILES string of the molecule is CC1(C(=O)NC(c2ccc(F)cc2)c2ccccn2)CCN(CCOc2ccccc2C(F)(F)F)CC1. The van der Waals surface area contributed by atoms with E-state index in [4.69, 9.17) is 4.74 Å². The van der Waals surface area contributed by atoms with E-state index in [0.717, 1.165) is 11.6 Å². The molecule has 196 valence electrons. The van der Waals surface area contributed by atoms with Crippen LogP contribution in [-0.4, -0.2) is 42.0 Å². The highest BCUT2D eigenvalue weighted by atomic mass is 19.4. The smallest absolute Gasteiger partial charge is 0.419 e. The Morgan fingerprint density at radius 3 is 2.38 bits per heavy atom. The second kappa shape index (κ2) is 11.3. The molecular weight excluding hydrogens is 486 g/mol. The van der Waals surface area contributed by atoms with Crippen molar-refractivity contribution >= 4 is 5.91 Å². The summed E-state index contributed by atoms with van der Waals surface area (Å²) in [7, 11) is 0. The molecule has 0 saturated carbocycles. The van der Waals surface area contributed by atoms with Crippen LogP contribution in [0.2, 0.25) is 0 Å². The summed E-state index contributed by atoms with van der Waals surface area (Å²) < 4.78 is 58.4. The van der Waals surface area contributed by atoms with Gasteiger partial charge in [-0.15, -0.1) is 0 Å². The quantitative estimate of drug-likeness (QED) is 0.396. The first-order valence-corrected chi connectivity index (χ1v) is 12.1. The number of carbonyl (C=O) groups excluding carboxylic acids is 1. The van der Waals surface area contributed by atoms with Crippen LogP contribution in [0.4, 0.5) is 17.6 Å². The fraction of sp³-hybridized carbons (Fsp3) is 0.357. The number of benzene rings is 2. The van der Waals surface area contributed by atoms with Crippen LogP contribution in [0.15, 0.2) is 72.9 Å². The molecule has 1 N–H and O–H groups in total. The van der Waals surface area contributed by atoms with Crippen molar-refractivity contribution in [2.45, 2.75) is 32.0 Å². The van der Waals surface area contributed by atoms with Gasteiger partial charge in [0.15, 0.2) is 0 Å². The third-order valence-electron chi connectivity index (χ3n) is 6.83. The summed E-state index contributed by atoms with van der Waals surface area (Å²) >= 11 is 0. The minimum Gasteiger partial charge on any atom is -0.492 e. The Kier molecular flexibility index (Phi) is 8.12. The predicted molar refractivity (Wildman–Crippen MR) is 131 cm³/mol. The van der Waals surface area contributed by atoms with Crippen LogP contribution < -0.4 is 10.1 Å². The van der Waals surface area contributed by atoms with Crippen molar-refractivity contribution in [1.82, 2.24) is 15.2 Å². The van der Waals surface area contributed by atoms with Crippen LogP contribution in [0, 0.1) is 11.2 Å². The van der Waals surface area contributed by atoms with E-state index in [1.54, 1.807) is 24.4 Å². The van der Waals surface area contributed by atoms with E-state index >= 15 is 0 Å². The monoisotopic (exact) mass is 515 g/mol. The van der Waals surface area contributed by atoms with Crippen molar-refractivity contribution < 1.29 is 27.1 Å². The average Bonchev–Trinajstić information content (AvgIpc) is 2.89. The number of nitrogens with zero attached hydrogens (tertiary/aromatic N) is 2. The van der Waals surface area contributed by atoms with Gasteiger partial charge in [0, 0.05) is 18.2 Å². The molecule has 2 aromatic carbocycles. The fourth-order valence-electron chi connectivity index (χ4n) is 4.44. The molecule has 1 aliphatic heterocycles. The largest absolute Gasteiger partial charge is 0.492 e. The van der Waals surface area contributed by atoms with Crippen molar-refractivity contribution in [3.05, 3.63) is 95.6 Å². The number of hydrogen-bond acceptors (Lipinski definition) is 4. The number of aromatic nitrogens is 1. The standard InChI is InChI=1S/C28H29F4N3O2/c1-27(26(36)34-25(23-7-4-5-15-33-23)20-9-11-21(29)12-10-20)13-16-35(17-14-27)18-19-37-24-8-3-2-6-22(24)28(30,31)32/h2-12,15,25H,13-14,16-19H2,1H3,(H,34,36). The summed E-state index contributed by atoms with van der Waals surface area (Å²) in [5, 5.41) is 3.11. The molecule has 0 aliphatic carbocycles. The molecular formula is C28H29F4N3O2. The number of hydrogen-bond donors (Lipinski definition) is 1. The molecule has 5 nitrogen and oxygen atoms in total. The molecule has 4 rings (SSSR count). The van der Waals surface area contributed by atoms with E-state index in [1.807, 2.05) is 19.1 Å². The molecule has 1 fully saturated rings. The number of rotatable bonds is 8. The number of carbonyl (C=O) groups is 1. The number of amides is 1. The predicted octanol–water partition coefficient (Wildman–Crippen LogP) is 5.63. The molecule has 0 spiro atoms. The van der Waals surface area contributed by atoms with E-state index in [9.17, 15) is 22.4 Å². The number of piperidine rings is 1. The van der Waals surface area contributed by atoms with Gasteiger partial charge in [0.2, 0.25) is 5.91 Å². The Labute approximate surface area is 213 Å². The number of pyridine rings is 1. The van der Waals surface area contributed by atoms with E-state index in [-0.39, 0.29) is 24.1 Å². The zero-order chi connectivity index (χ0) is 26.5. The van der Waals surface area contributed by atoms with Crippen LogP contribution in [0.25, 0.3) is 0 Å². The summed E-state index contributed by atoms with van der Waals surface area (Å²) in [5.41, 5.74) is -0.0418. The summed E-state index contributed by atoms with van der Waals surface area (Å²) in [6.07, 6.45) is -1.67. The van der Waals surface area contributed by atoms with Crippen molar-refractivity contribution in [1.29, 1.82) is 0 Å². The van der Waals surface area contributed by atoms with Gasteiger partial charge in [-0.25, -0.2) is 4.39 Å². The van der Waals surface area contributed by atoms with Gasteiger partial charge in [0.25, 0.3) is 0 Å². The van der Waals surface area contributed by atoms with Crippen molar-refractivity contribution in [3.8, 4) is 5.75 Å². The van der Waals surface area contributed by atoms with Crippen LogP contribution in [0.5, 0.6) is 5.75 Å². The molecule has 1 unspecified atom stereocenters. The summed E-state index contributed by atoms with van der Waals surface area (Å²) in [5.74, 6) is -0.667. The van der Waals surface area contributed by atoms with Gasteiger partial charge < -0.3 is 10.1 Å². The van der Waals surface area contributed by atoms with E-state index in [2.05, 4.69) is 15.2 Å². The Morgan fingerprint density at radius 1 is 1.05 bits per heavy atom. The van der Waals surface area contributed by atoms with Gasteiger partial charge in [0.1, 0.15) is 18.2 Å². The van der Waals surface area contributed by atoms with Gasteiger partial charge in [-0.3, -0.25) is 14.7 Å². The molecule has 1 saturated heterocycles. The zero-order valence-corrected chi connectivity index (χ0v) is 20.5. The van der Waals surface area contributed by atoms with Gasteiger partial charge in [-0.2, -0.15) is 13.2 Å². The Bertz CT molecular complexity index is 1180. The van der Waals surface area contributed by atoms with Gasteiger partial charge in [-0.1, -0.05) is 37.3 Å². The van der Waals surface area contributed by atoms with Crippen LogP contribution in [-0.2, 0) is 11.0 Å². The highest BCUT2D eigenvalue weighted by Gasteiger charge is 2.38. The van der Waals surface area contributed by atoms with Gasteiger partial charge in [-0.05, 0) is 67.9 Å². The molecule has 0 radical (unpaired) electrons. The van der Waals surface area contributed by atoms with Crippen LogP contribution in [0.1, 0.15) is 42.6 Å². The molecule has 1 amide bonds. The highest BCUT2D eigenvalue weighted by Crippen LogP contribution is 2.36. The lowest BCUT2D eigenvalue weighted by Crippen LogP contribution is -2.48.